The summed E-state index contributed by atoms with van der Waals surface area (Å²) in [5.41, 5.74) is 6.65. The minimum Gasteiger partial charge on any atom is -0.481 e. The number of carbonyl (C=O) groups is 1. The molecule has 0 spiro atoms. The summed E-state index contributed by atoms with van der Waals surface area (Å²) in [6.45, 7) is 0. The zero-order valence-electron chi connectivity index (χ0n) is 8.10. The summed E-state index contributed by atoms with van der Waals surface area (Å²) in [5, 5.41) is 0. The van der Waals surface area contributed by atoms with Crippen molar-refractivity contribution in [2.45, 2.75) is 0 Å². The van der Waals surface area contributed by atoms with E-state index < -0.39 is 5.91 Å². The van der Waals surface area contributed by atoms with E-state index in [-0.39, 0.29) is 0 Å². The van der Waals surface area contributed by atoms with Crippen molar-refractivity contribution >= 4 is 16.9 Å². The molecule has 15 heavy (non-hydrogen) atoms. The highest BCUT2D eigenvalue weighted by atomic mass is 16.5. The highest BCUT2D eigenvalue weighted by molar-refractivity contribution is 6.03. The third-order valence-corrected chi connectivity index (χ3v) is 2.03. The largest absolute Gasteiger partial charge is 0.481 e. The number of pyridine rings is 2. The molecular weight excluding hydrogens is 194 g/mol. The van der Waals surface area contributed by atoms with Crippen LogP contribution in [0.2, 0.25) is 0 Å². The van der Waals surface area contributed by atoms with E-state index in [1.54, 1.807) is 12.1 Å². The molecule has 2 aromatic heterocycles. The number of amides is 1. The summed E-state index contributed by atoms with van der Waals surface area (Å²) in [6.07, 6.45) is 1.52. The third kappa shape index (κ3) is 1.59. The second-order valence-corrected chi connectivity index (χ2v) is 2.94. The van der Waals surface area contributed by atoms with Crippen molar-refractivity contribution < 1.29 is 9.53 Å². The maximum absolute atomic E-state index is 11.1. The first-order valence-electron chi connectivity index (χ1n) is 4.32. The highest BCUT2D eigenvalue weighted by Crippen LogP contribution is 2.17. The van der Waals surface area contributed by atoms with E-state index in [9.17, 15) is 4.79 Å². The fourth-order valence-corrected chi connectivity index (χ4v) is 1.32. The minimum absolute atomic E-state index is 0.346. The lowest BCUT2D eigenvalue weighted by molar-refractivity contribution is 0.100. The third-order valence-electron chi connectivity index (χ3n) is 2.03. The van der Waals surface area contributed by atoms with Gasteiger partial charge in [-0.2, -0.15) is 0 Å². The molecule has 0 saturated heterocycles. The van der Waals surface area contributed by atoms with E-state index in [4.69, 9.17) is 10.5 Å². The van der Waals surface area contributed by atoms with Crippen LogP contribution >= 0.6 is 0 Å². The number of fused-ring (bicyclic) bond motifs is 1. The number of nitrogens with zero attached hydrogens (tertiary/aromatic N) is 2. The molecule has 0 unspecified atom stereocenters. The van der Waals surface area contributed by atoms with Gasteiger partial charge in [0.2, 0.25) is 5.88 Å². The number of carbonyl (C=O) groups excluding carboxylic acids is 1. The number of aromatic nitrogens is 2. The van der Waals surface area contributed by atoms with Crippen LogP contribution in [-0.4, -0.2) is 23.0 Å². The normalized spacial score (nSPS) is 10.2. The van der Waals surface area contributed by atoms with Gasteiger partial charge in [0.1, 0.15) is 5.52 Å². The molecule has 5 heteroatoms. The van der Waals surface area contributed by atoms with E-state index in [2.05, 4.69) is 9.97 Å². The van der Waals surface area contributed by atoms with Crippen molar-refractivity contribution in [1.29, 1.82) is 0 Å². The summed E-state index contributed by atoms with van der Waals surface area (Å²) in [6, 6.07) is 4.95. The number of primary amides is 1. The van der Waals surface area contributed by atoms with Crippen LogP contribution in [-0.2, 0) is 0 Å². The summed E-state index contributed by atoms with van der Waals surface area (Å²) in [5.74, 6) is -0.0962. The van der Waals surface area contributed by atoms with Gasteiger partial charge in [-0.05, 0) is 12.1 Å². The molecule has 76 valence electrons. The first-order valence-corrected chi connectivity index (χ1v) is 4.32. The van der Waals surface area contributed by atoms with E-state index in [0.29, 0.717) is 22.5 Å². The van der Waals surface area contributed by atoms with Crippen LogP contribution in [0.3, 0.4) is 0 Å². The number of ether oxygens (including phenoxy) is 1. The van der Waals surface area contributed by atoms with Crippen molar-refractivity contribution in [2.75, 3.05) is 7.11 Å². The Morgan fingerprint density at radius 3 is 2.87 bits per heavy atom. The standard InChI is InChI=1S/C10H9N3O2/c1-15-8-3-2-7-9(13-8)6(10(11)14)4-5-12-7/h2-5H,1H3,(H2,11,14). The number of hydrogen-bond acceptors (Lipinski definition) is 4. The summed E-state index contributed by atoms with van der Waals surface area (Å²) in [4.78, 5) is 19.3. The Labute approximate surface area is 85.9 Å². The molecule has 0 aliphatic carbocycles. The van der Waals surface area contributed by atoms with Gasteiger partial charge in [0.15, 0.2) is 0 Å². The van der Waals surface area contributed by atoms with Crippen LogP contribution in [0.4, 0.5) is 0 Å². The molecule has 0 aromatic carbocycles. The van der Waals surface area contributed by atoms with Gasteiger partial charge in [-0.25, -0.2) is 4.98 Å². The molecule has 0 fully saturated rings. The first-order chi connectivity index (χ1) is 7.22. The minimum atomic E-state index is -0.525. The fraction of sp³-hybridized carbons (Fsp3) is 0.100. The topological polar surface area (TPSA) is 78.1 Å². The fourth-order valence-electron chi connectivity index (χ4n) is 1.32. The van der Waals surface area contributed by atoms with Gasteiger partial charge in [0.25, 0.3) is 5.91 Å². The zero-order valence-corrected chi connectivity index (χ0v) is 8.10. The Bertz CT molecular complexity index is 525. The van der Waals surface area contributed by atoms with Crippen molar-refractivity contribution in [1.82, 2.24) is 9.97 Å². The van der Waals surface area contributed by atoms with Gasteiger partial charge < -0.3 is 10.5 Å². The molecule has 0 radical (unpaired) electrons. The lowest BCUT2D eigenvalue weighted by Gasteiger charge is -2.03. The van der Waals surface area contributed by atoms with Crippen molar-refractivity contribution in [3.05, 3.63) is 30.0 Å². The van der Waals surface area contributed by atoms with Gasteiger partial charge in [-0.3, -0.25) is 9.78 Å². The van der Waals surface area contributed by atoms with E-state index in [1.165, 1.54) is 19.4 Å². The van der Waals surface area contributed by atoms with E-state index >= 15 is 0 Å². The molecular formula is C10H9N3O2. The Hall–Kier alpha value is -2.17. The maximum atomic E-state index is 11.1. The SMILES string of the molecule is COc1ccc2nccc(C(N)=O)c2n1. The van der Waals surface area contributed by atoms with Crippen LogP contribution in [0, 0.1) is 0 Å². The Balaban J connectivity index is 2.76. The number of rotatable bonds is 2. The molecule has 2 rings (SSSR count). The summed E-state index contributed by atoms with van der Waals surface area (Å²) >= 11 is 0. The second kappa shape index (κ2) is 3.53. The molecule has 0 saturated carbocycles. The molecule has 0 aliphatic rings. The molecule has 1 amide bonds. The molecule has 0 bridgehead atoms. The van der Waals surface area contributed by atoms with E-state index in [0.717, 1.165) is 0 Å². The second-order valence-electron chi connectivity index (χ2n) is 2.94. The zero-order chi connectivity index (χ0) is 10.8. The molecule has 2 N–H and O–H groups in total. The number of methoxy groups -OCH3 is 1. The summed E-state index contributed by atoms with van der Waals surface area (Å²) in [7, 11) is 1.51. The molecule has 2 aromatic rings. The van der Waals surface area contributed by atoms with Gasteiger partial charge in [-0.15, -0.1) is 0 Å². The highest BCUT2D eigenvalue weighted by Gasteiger charge is 2.09. The molecule has 5 nitrogen and oxygen atoms in total. The van der Waals surface area contributed by atoms with E-state index in [1.807, 2.05) is 0 Å². The molecule has 0 aliphatic heterocycles. The van der Waals surface area contributed by atoms with Crippen LogP contribution in [0.15, 0.2) is 24.4 Å². The summed E-state index contributed by atoms with van der Waals surface area (Å²) < 4.78 is 4.97. The molecule has 2 heterocycles. The quantitative estimate of drug-likeness (QED) is 0.780. The lowest BCUT2D eigenvalue weighted by Crippen LogP contribution is -2.12. The van der Waals surface area contributed by atoms with Crippen LogP contribution in [0.5, 0.6) is 5.88 Å². The Morgan fingerprint density at radius 2 is 2.20 bits per heavy atom. The van der Waals surface area contributed by atoms with Gasteiger partial charge in [-0.1, -0.05) is 0 Å². The molecule has 0 atom stereocenters. The van der Waals surface area contributed by atoms with Gasteiger partial charge >= 0.3 is 0 Å². The van der Waals surface area contributed by atoms with Crippen LogP contribution in [0.25, 0.3) is 11.0 Å². The van der Waals surface area contributed by atoms with Crippen molar-refractivity contribution in [3.63, 3.8) is 0 Å². The van der Waals surface area contributed by atoms with Gasteiger partial charge in [0.05, 0.1) is 18.2 Å². The predicted molar refractivity (Wildman–Crippen MR) is 54.6 cm³/mol. The smallest absolute Gasteiger partial charge is 0.251 e. The average Bonchev–Trinajstić information content (AvgIpc) is 2.27. The van der Waals surface area contributed by atoms with Crippen LogP contribution in [0.1, 0.15) is 10.4 Å². The van der Waals surface area contributed by atoms with Crippen molar-refractivity contribution in [2.24, 2.45) is 5.73 Å². The maximum Gasteiger partial charge on any atom is 0.251 e. The number of nitrogens with two attached hydrogens (primary N) is 1. The van der Waals surface area contributed by atoms with Crippen molar-refractivity contribution in [3.8, 4) is 5.88 Å². The first kappa shape index (κ1) is 9.39. The lowest BCUT2D eigenvalue weighted by atomic mass is 10.2. The van der Waals surface area contributed by atoms with Gasteiger partial charge in [0, 0.05) is 12.3 Å². The number of hydrogen-bond donors (Lipinski definition) is 1. The van der Waals surface area contributed by atoms with Crippen LogP contribution < -0.4 is 10.5 Å². The predicted octanol–water partition coefficient (Wildman–Crippen LogP) is 0.737. The monoisotopic (exact) mass is 203 g/mol. The Kier molecular flexibility index (Phi) is 2.21. The average molecular weight is 203 g/mol. The Morgan fingerprint density at radius 1 is 1.40 bits per heavy atom.